The van der Waals surface area contributed by atoms with Gasteiger partial charge in [-0.25, -0.2) is 14.4 Å². The van der Waals surface area contributed by atoms with Crippen molar-refractivity contribution in [3.63, 3.8) is 0 Å². The average molecular weight is 329 g/mol. The molecule has 0 unspecified atom stereocenters. The van der Waals surface area contributed by atoms with E-state index in [-0.39, 0.29) is 5.82 Å². The van der Waals surface area contributed by atoms with E-state index in [2.05, 4.69) is 20.6 Å². The van der Waals surface area contributed by atoms with E-state index in [1.54, 1.807) is 43.3 Å². The Kier molecular flexibility index (Phi) is 4.39. The van der Waals surface area contributed by atoms with Crippen LogP contribution in [-0.4, -0.2) is 9.97 Å². The SMILES string of the molecule is Cc1nc(Nc2cccc(Cl)c2)cc(Nc2ccccc2F)n1. The molecule has 3 rings (SSSR count). The van der Waals surface area contributed by atoms with Gasteiger partial charge in [0.05, 0.1) is 5.69 Å². The van der Waals surface area contributed by atoms with E-state index in [4.69, 9.17) is 11.6 Å². The molecule has 3 aromatic rings. The number of nitrogens with zero attached hydrogens (tertiary/aromatic N) is 2. The van der Waals surface area contributed by atoms with Crippen LogP contribution in [0.15, 0.2) is 54.6 Å². The van der Waals surface area contributed by atoms with Crippen LogP contribution < -0.4 is 10.6 Å². The minimum Gasteiger partial charge on any atom is -0.340 e. The fraction of sp³-hybridized carbons (Fsp3) is 0.0588. The number of hydrogen-bond acceptors (Lipinski definition) is 4. The van der Waals surface area contributed by atoms with Crippen LogP contribution in [-0.2, 0) is 0 Å². The monoisotopic (exact) mass is 328 g/mol. The number of aryl methyl sites for hydroxylation is 1. The first kappa shape index (κ1) is 15.2. The van der Waals surface area contributed by atoms with Gasteiger partial charge in [-0.3, -0.25) is 0 Å². The smallest absolute Gasteiger partial charge is 0.146 e. The summed E-state index contributed by atoms with van der Waals surface area (Å²) in [7, 11) is 0. The third-order valence-corrected chi connectivity index (χ3v) is 3.31. The summed E-state index contributed by atoms with van der Waals surface area (Å²) >= 11 is 5.97. The summed E-state index contributed by atoms with van der Waals surface area (Å²) < 4.78 is 13.7. The van der Waals surface area contributed by atoms with Gasteiger partial charge in [-0.2, -0.15) is 0 Å². The molecule has 0 aliphatic heterocycles. The van der Waals surface area contributed by atoms with E-state index in [1.807, 2.05) is 12.1 Å². The lowest BCUT2D eigenvalue weighted by molar-refractivity contribution is 0.632. The topological polar surface area (TPSA) is 49.8 Å². The molecule has 1 heterocycles. The van der Waals surface area contributed by atoms with Gasteiger partial charge in [0.1, 0.15) is 23.3 Å². The molecule has 0 fully saturated rings. The zero-order valence-corrected chi connectivity index (χ0v) is 13.1. The van der Waals surface area contributed by atoms with Gasteiger partial charge in [-0.05, 0) is 37.3 Å². The molecule has 1 aromatic heterocycles. The highest BCUT2D eigenvalue weighted by Gasteiger charge is 2.06. The zero-order valence-electron chi connectivity index (χ0n) is 12.3. The van der Waals surface area contributed by atoms with Gasteiger partial charge in [0, 0.05) is 16.8 Å². The van der Waals surface area contributed by atoms with Crippen LogP contribution in [0.4, 0.5) is 27.4 Å². The van der Waals surface area contributed by atoms with Crippen molar-refractivity contribution in [3.8, 4) is 0 Å². The normalized spacial score (nSPS) is 10.4. The van der Waals surface area contributed by atoms with E-state index in [9.17, 15) is 4.39 Å². The quantitative estimate of drug-likeness (QED) is 0.702. The molecular weight excluding hydrogens is 315 g/mol. The lowest BCUT2D eigenvalue weighted by Gasteiger charge is -2.11. The van der Waals surface area contributed by atoms with Gasteiger partial charge in [-0.15, -0.1) is 0 Å². The Bertz CT molecular complexity index is 838. The molecule has 0 spiro atoms. The summed E-state index contributed by atoms with van der Waals surface area (Å²) in [5, 5.41) is 6.75. The molecule has 0 saturated heterocycles. The van der Waals surface area contributed by atoms with Crippen molar-refractivity contribution >= 4 is 34.6 Å². The van der Waals surface area contributed by atoms with Gasteiger partial charge in [0.15, 0.2) is 0 Å². The van der Waals surface area contributed by atoms with Gasteiger partial charge < -0.3 is 10.6 Å². The van der Waals surface area contributed by atoms with Crippen molar-refractivity contribution in [2.45, 2.75) is 6.92 Å². The number of nitrogens with one attached hydrogen (secondary N) is 2. The standard InChI is InChI=1S/C17H14ClFN4/c1-11-20-16(22-13-6-4-5-12(18)9-13)10-17(21-11)23-15-8-3-2-7-14(15)19/h2-10H,1H3,(H2,20,21,22,23). The first-order valence-electron chi connectivity index (χ1n) is 7.00. The predicted octanol–water partition coefficient (Wildman–Crippen LogP) is 5.06. The third-order valence-electron chi connectivity index (χ3n) is 3.07. The largest absolute Gasteiger partial charge is 0.340 e. The third kappa shape index (κ3) is 3.96. The molecule has 0 saturated carbocycles. The number of rotatable bonds is 4. The summed E-state index contributed by atoms with van der Waals surface area (Å²) in [6.45, 7) is 1.77. The molecule has 0 radical (unpaired) electrons. The van der Waals surface area contributed by atoms with Crippen LogP contribution in [0.5, 0.6) is 0 Å². The predicted molar refractivity (Wildman–Crippen MR) is 91.2 cm³/mol. The molecule has 4 nitrogen and oxygen atoms in total. The Balaban J connectivity index is 1.86. The van der Waals surface area contributed by atoms with E-state index < -0.39 is 0 Å². The molecule has 23 heavy (non-hydrogen) atoms. The summed E-state index contributed by atoms with van der Waals surface area (Å²) in [6.07, 6.45) is 0. The maximum Gasteiger partial charge on any atom is 0.146 e. The highest BCUT2D eigenvalue weighted by molar-refractivity contribution is 6.30. The van der Waals surface area contributed by atoms with Gasteiger partial charge >= 0.3 is 0 Å². The second-order valence-corrected chi connectivity index (χ2v) is 5.36. The summed E-state index contributed by atoms with van der Waals surface area (Å²) in [6, 6.07) is 15.5. The van der Waals surface area contributed by atoms with Crippen LogP contribution in [0.3, 0.4) is 0 Å². The Morgan fingerprint density at radius 2 is 1.65 bits per heavy atom. The van der Waals surface area contributed by atoms with Crippen molar-refractivity contribution < 1.29 is 4.39 Å². The molecule has 116 valence electrons. The molecule has 0 amide bonds. The number of halogens is 2. The zero-order chi connectivity index (χ0) is 16.2. The molecule has 0 bridgehead atoms. The minimum absolute atomic E-state index is 0.340. The van der Waals surface area contributed by atoms with E-state index in [1.165, 1.54) is 6.07 Å². The van der Waals surface area contributed by atoms with E-state index >= 15 is 0 Å². The maximum atomic E-state index is 13.7. The van der Waals surface area contributed by atoms with Crippen LogP contribution >= 0.6 is 11.6 Å². The second-order valence-electron chi connectivity index (χ2n) is 4.93. The number of para-hydroxylation sites is 1. The molecular formula is C17H14ClFN4. The Morgan fingerprint density at radius 3 is 2.39 bits per heavy atom. The Hall–Kier alpha value is -2.66. The van der Waals surface area contributed by atoms with Crippen molar-refractivity contribution in [1.29, 1.82) is 0 Å². The molecule has 0 atom stereocenters. The van der Waals surface area contributed by atoms with E-state index in [0.29, 0.717) is 28.2 Å². The highest BCUT2D eigenvalue weighted by Crippen LogP contribution is 2.23. The average Bonchev–Trinajstić information content (AvgIpc) is 2.49. The fourth-order valence-corrected chi connectivity index (χ4v) is 2.30. The lowest BCUT2D eigenvalue weighted by Crippen LogP contribution is -2.02. The number of aromatic nitrogens is 2. The van der Waals surface area contributed by atoms with Crippen molar-refractivity contribution in [1.82, 2.24) is 9.97 Å². The second kappa shape index (κ2) is 6.62. The Morgan fingerprint density at radius 1 is 0.913 bits per heavy atom. The molecule has 0 aliphatic carbocycles. The summed E-state index contributed by atoms with van der Waals surface area (Å²) in [4.78, 5) is 8.60. The van der Waals surface area contributed by atoms with Crippen LogP contribution in [0, 0.1) is 12.7 Å². The first-order valence-corrected chi connectivity index (χ1v) is 7.38. The van der Waals surface area contributed by atoms with Crippen molar-refractivity contribution in [2.75, 3.05) is 10.6 Å². The number of anilines is 4. The number of benzene rings is 2. The minimum atomic E-state index is -0.340. The van der Waals surface area contributed by atoms with Gasteiger partial charge in [0.2, 0.25) is 0 Å². The first-order chi connectivity index (χ1) is 11.1. The molecule has 6 heteroatoms. The van der Waals surface area contributed by atoms with Crippen molar-refractivity contribution in [2.24, 2.45) is 0 Å². The molecule has 0 aliphatic rings. The van der Waals surface area contributed by atoms with Crippen LogP contribution in [0.1, 0.15) is 5.82 Å². The Labute approximate surface area is 138 Å². The van der Waals surface area contributed by atoms with Crippen LogP contribution in [0.2, 0.25) is 5.02 Å². The maximum absolute atomic E-state index is 13.7. The van der Waals surface area contributed by atoms with Gasteiger partial charge in [-0.1, -0.05) is 29.8 Å². The lowest BCUT2D eigenvalue weighted by atomic mass is 10.3. The number of hydrogen-bond donors (Lipinski definition) is 2. The molecule has 2 aromatic carbocycles. The van der Waals surface area contributed by atoms with Crippen molar-refractivity contribution in [3.05, 3.63) is 71.3 Å². The summed E-state index contributed by atoms with van der Waals surface area (Å²) in [5.41, 5.74) is 1.17. The highest BCUT2D eigenvalue weighted by atomic mass is 35.5. The van der Waals surface area contributed by atoms with Gasteiger partial charge in [0.25, 0.3) is 0 Å². The van der Waals surface area contributed by atoms with Crippen LogP contribution in [0.25, 0.3) is 0 Å². The summed E-state index contributed by atoms with van der Waals surface area (Å²) in [5.74, 6) is 1.33. The van der Waals surface area contributed by atoms with E-state index in [0.717, 1.165) is 5.69 Å². The molecule has 2 N–H and O–H groups in total. The fourth-order valence-electron chi connectivity index (χ4n) is 2.11.